The van der Waals surface area contributed by atoms with Crippen LogP contribution in [0.1, 0.15) is 11.0 Å². The van der Waals surface area contributed by atoms with E-state index in [0.29, 0.717) is 11.3 Å². The molecule has 0 fully saturated rings. The fraction of sp³-hybridized carbons (Fsp3) is 0.286. The largest absolute Gasteiger partial charge is 0.479 e. The normalized spacial score (nSPS) is 15.7. The number of hydrogen-bond acceptors (Lipinski definition) is 6. The van der Waals surface area contributed by atoms with E-state index in [1.807, 2.05) is 0 Å². The highest BCUT2D eigenvalue weighted by molar-refractivity contribution is 7.91. The predicted molar refractivity (Wildman–Crippen MR) is 54.3 cm³/mol. The molecule has 0 aliphatic rings. The molecular weight excluding hydrogens is 258 g/mol. The van der Waals surface area contributed by atoms with Gasteiger partial charge in [-0.1, -0.05) is 0 Å². The smallest absolute Gasteiger partial charge is 0.335 e. The number of primary sulfonamides is 1. The van der Waals surface area contributed by atoms with Crippen LogP contribution in [0.25, 0.3) is 0 Å². The quantitative estimate of drug-likeness (QED) is 0.545. The molecule has 1 rings (SSSR count). The third kappa shape index (κ3) is 2.77. The summed E-state index contributed by atoms with van der Waals surface area (Å²) in [5.41, 5.74) is 0. The van der Waals surface area contributed by atoms with Crippen LogP contribution in [-0.2, 0) is 14.8 Å². The van der Waals surface area contributed by atoms with Crippen LogP contribution in [0.2, 0.25) is 0 Å². The summed E-state index contributed by atoms with van der Waals surface area (Å²) >= 11 is 0.607. The Balaban J connectivity index is 2.99. The van der Waals surface area contributed by atoms with Gasteiger partial charge in [0, 0.05) is 4.88 Å². The number of aliphatic hydroxyl groups excluding tert-OH is 2. The second-order valence-electron chi connectivity index (χ2n) is 2.93. The number of aliphatic hydroxyl groups is 2. The predicted octanol–water partition coefficient (Wildman–Crippen LogP) is -1.13. The minimum Gasteiger partial charge on any atom is -0.479 e. The van der Waals surface area contributed by atoms with Crippen LogP contribution in [0.4, 0.5) is 0 Å². The first-order valence-corrected chi connectivity index (χ1v) is 6.31. The molecule has 0 saturated heterocycles. The Bertz CT molecular complexity index is 493. The van der Waals surface area contributed by atoms with E-state index in [1.165, 1.54) is 6.07 Å². The zero-order valence-corrected chi connectivity index (χ0v) is 9.40. The summed E-state index contributed by atoms with van der Waals surface area (Å²) in [6.45, 7) is 0. The molecule has 0 bridgehead atoms. The van der Waals surface area contributed by atoms with Crippen molar-refractivity contribution in [3.8, 4) is 0 Å². The van der Waals surface area contributed by atoms with Crippen molar-refractivity contribution < 1.29 is 28.5 Å². The maximum absolute atomic E-state index is 10.9. The lowest BCUT2D eigenvalue weighted by Gasteiger charge is -2.11. The summed E-state index contributed by atoms with van der Waals surface area (Å²) in [6.07, 6.45) is -3.69. The molecule has 1 aromatic heterocycles. The molecule has 90 valence electrons. The van der Waals surface area contributed by atoms with E-state index in [-0.39, 0.29) is 9.09 Å². The van der Waals surface area contributed by atoms with Crippen LogP contribution in [0.3, 0.4) is 0 Å². The Morgan fingerprint density at radius 1 is 1.38 bits per heavy atom. The fourth-order valence-corrected chi connectivity index (χ4v) is 2.70. The number of nitrogens with two attached hydrogens (primary N) is 1. The summed E-state index contributed by atoms with van der Waals surface area (Å²) in [5, 5.41) is 31.7. The lowest BCUT2D eigenvalue weighted by atomic mass is 10.2. The van der Waals surface area contributed by atoms with Gasteiger partial charge in [0.1, 0.15) is 10.3 Å². The molecular formula is C7H9NO6S2. The van der Waals surface area contributed by atoms with Crippen molar-refractivity contribution >= 4 is 27.3 Å². The van der Waals surface area contributed by atoms with Gasteiger partial charge in [-0.15, -0.1) is 11.3 Å². The van der Waals surface area contributed by atoms with E-state index < -0.39 is 28.2 Å². The van der Waals surface area contributed by atoms with Gasteiger partial charge < -0.3 is 15.3 Å². The SMILES string of the molecule is NS(=O)(=O)c1ccc(C(O)C(O)C(=O)O)s1. The summed E-state index contributed by atoms with van der Waals surface area (Å²) in [6, 6.07) is 2.33. The third-order valence-electron chi connectivity index (χ3n) is 1.73. The van der Waals surface area contributed by atoms with Crippen LogP contribution >= 0.6 is 11.3 Å². The number of aliphatic carboxylic acids is 1. The van der Waals surface area contributed by atoms with E-state index in [4.69, 9.17) is 15.4 Å². The summed E-state index contributed by atoms with van der Waals surface area (Å²) in [5.74, 6) is -1.60. The van der Waals surface area contributed by atoms with Gasteiger partial charge in [-0.05, 0) is 12.1 Å². The average Bonchev–Trinajstić information content (AvgIpc) is 2.63. The molecule has 1 aromatic rings. The van der Waals surface area contributed by atoms with Gasteiger partial charge in [0.15, 0.2) is 6.10 Å². The number of carboxylic acid groups (broad SMARTS) is 1. The van der Waals surface area contributed by atoms with Crippen LogP contribution in [-0.4, -0.2) is 35.8 Å². The first-order valence-electron chi connectivity index (χ1n) is 3.95. The third-order valence-corrected chi connectivity index (χ3v) is 4.32. The van der Waals surface area contributed by atoms with Crippen LogP contribution in [0.15, 0.2) is 16.3 Å². The molecule has 2 unspecified atom stereocenters. The minimum absolute atomic E-state index is 0.0129. The number of rotatable bonds is 4. The van der Waals surface area contributed by atoms with E-state index in [1.54, 1.807) is 0 Å². The zero-order valence-electron chi connectivity index (χ0n) is 7.77. The van der Waals surface area contributed by atoms with E-state index >= 15 is 0 Å². The van der Waals surface area contributed by atoms with Gasteiger partial charge in [0.2, 0.25) is 10.0 Å². The number of carbonyl (C=O) groups is 1. The zero-order chi connectivity index (χ0) is 12.5. The molecule has 0 spiro atoms. The monoisotopic (exact) mass is 267 g/mol. The Kier molecular flexibility index (Phi) is 3.65. The van der Waals surface area contributed by atoms with Crippen molar-refractivity contribution in [3.63, 3.8) is 0 Å². The van der Waals surface area contributed by atoms with Gasteiger partial charge in [-0.2, -0.15) is 0 Å². The number of carboxylic acids is 1. The van der Waals surface area contributed by atoms with Crippen molar-refractivity contribution in [1.29, 1.82) is 0 Å². The standard InChI is InChI=1S/C7H9NO6S2/c8-16(13,14)4-2-1-3(15-4)5(9)6(10)7(11)12/h1-2,5-6,9-10H,(H,11,12)(H2,8,13,14). The second-order valence-corrected chi connectivity index (χ2v) is 5.83. The van der Waals surface area contributed by atoms with Gasteiger partial charge >= 0.3 is 5.97 Å². The fourth-order valence-electron chi connectivity index (χ4n) is 0.937. The molecule has 0 radical (unpaired) electrons. The Morgan fingerprint density at radius 3 is 2.31 bits per heavy atom. The van der Waals surface area contributed by atoms with E-state index in [9.17, 15) is 18.3 Å². The first-order chi connectivity index (χ1) is 7.23. The van der Waals surface area contributed by atoms with Gasteiger partial charge in [0.25, 0.3) is 0 Å². The van der Waals surface area contributed by atoms with Crippen LogP contribution < -0.4 is 5.14 Å². The van der Waals surface area contributed by atoms with Gasteiger partial charge in [-0.25, -0.2) is 18.4 Å². The Hall–Kier alpha value is -1.00. The van der Waals surface area contributed by atoms with Crippen molar-refractivity contribution in [3.05, 3.63) is 17.0 Å². The summed E-state index contributed by atoms with van der Waals surface area (Å²) in [7, 11) is -3.88. The van der Waals surface area contributed by atoms with E-state index in [0.717, 1.165) is 6.07 Å². The molecule has 0 saturated carbocycles. The molecule has 2 atom stereocenters. The van der Waals surface area contributed by atoms with Crippen LogP contribution in [0.5, 0.6) is 0 Å². The topological polar surface area (TPSA) is 138 Å². The maximum Gasteiger partial charge on any atom is 0.335 e. The molecule has 0 aliphatic carbocycles. The molecule has 16 heavy (non-hydrogen) atoms. The molecule has 0 aliphatic heterocycles. The first kappa shape index (κ1) is 13.1. The highest BCUT2D eigenvalue weighted by Crippen LogP contribution is 2.27. The molecule has 1 heterocycles. The van der Waals surface area contributed by atoms with Crippen LogP contribution in [0, 0.1) is 0 Å². The van der Waals surface area contributed by atoms with Crippen molar-refractivity contribution in [1.82, 2.24) is 0 Å². The summed E-state index contributed by atoms with van der Waals surface area (Å²) in [4.78, 5) is 10.4. The Morgan fingerprint density at radius 2 is 1.94 bits per heavy atom. The number of thiophene rings is 1. The lowest BCUT2D eigenvalue weighted by molar-refractivity contribution is -0.152. The average molecular weight is 267 g/mol. The summed E-state index contributed by atoms with van der Waals surface area (Å²) < 4.78 is 21.6. The van der Waals surface area contributed by atoms with Gasteiger partial charge in [-0.3, -0.25) is 0 Å². The molecule has 7 nitrogen and oxygen atoms in total. The number of sulfonamides is 1. The Labute approximate surface area is 94.8 Å². The molecule has 0 amide bonds. The van der Waals surface area contributed by atoms with Crippen molar-refractivity contribution in [2.75, 3.05) is 0 Å². The maximum atomic E-state index is 10.9. The molecule has 5 N–H and O–H groups in total. The second kappa shape index (κ2) is 4.47. The highest BCUT2D eigenvalue weighted by Gasteiger charge is 2.27. The minimum atomic E-state index is -3.88. The number of hydrogen-bond donors (Lipinski definition) is 4. The molecule has 0 aromatic carbocycles. The molecule has 9 heteroatoms. The van der Waals surface area contributed by atoms with Gasteiger partial charge in [0.05, 0.1) is 0 Å². The van der Waals surface area contributed by atoms with Crippen molar-refractivity contribution in [2.45, 2.75) is 16.4 Å². The van der Waals surface area contributed by atoms with E-state index in [2.05, 4.69) is 0 Å². The lowest BCUT2D eigenvalue weighted by Crippen LogP contribution is -2.26. The highest BCUT2D eigenvalue weighted by atomic mass is 32.2. The van der Waals surface area contributed by atoms with Crippen molar-refractivity contribution in [2.24, 2.45) is 5.14 Å².